The molecule has 1 unspecified atom stereocenters. The fourth-order valence-corrected chi connectivity index (χ4v) is 4.26. The molecule has 1 saturated heterocycles. The fraction of sp³-hybridized carbons (Fsp3) is 0.571. The summed E-state index contributed by atoms with van der Waals surface area (Å²) in [6.45, 7) is 6.50. The van der Waals surface area contributed by atoms with Gasteiger partial charge in [-0.05, 0) is 38.5 Å². The number of benzene rings is 1. The molecule has 1 atom stereocenters. The van der Waals surface area contributed by atoms with Gasteiger partial charge < -0.3 is 10.5 Å². The van der Waals surface area contributed by atoms with Crippen molar-refractivity contribution in [3.8, 4) is 0 Å². The van der Waals surface area contributed by atoms with E-state index in [-0.39, 0.29) is 11.9 Å². The van der Waals surface area contributed by atoms with Crippen LogP contribution in [0, 0.1) is 0 Å². The van der Waals surface area contributed by atoms with Crippen LogP contribution in [0.15, 0.2) is 24.3 Å². The molecule has 1 heterocycles. The second-order valence-electron chi connectivity index (χ2n) is 5.98. The molecule has 0 bridgehead atoms. The topological polar surface area (TPSA) is 72.6 Å². The van der Waals surface area contributed by atoms with Gasteiger partial charge in [0.2, 0.25) is 10.0 Å². The van der Waals surface area contributed by atoms with Crippen molar-refractivity contribution in [3.05, 3.63) is 29.8 Å². The summed E-state index contributed by atoms with van der Waals surface area (Å²) in [6.07, 6.45) is -0.0973. The molecule has 1 aromatic rings. The van der Waals surface area contributed by atoms with Crippen LogP contribution in [-0.4, -0.2) is 37.5 Å². The Bertz CT molecular complexity index is 567. The zero-order valence-electron chi connectivity index (χ0n) is 12.2. The van der Waals surface area contributed by atoms with E-state index >= 15 is 0 Å². The van der Waals surface area contributed by atoms with Gasteiger partial charge in [0.1, 0.15) is 0 Å². The van der Waals surface area contributed by atoms with Gasteiger partial charge in [0, 0.05) is 18.8 Å². The van der Waals surface area contributed by atoms with Crippen molar-refractivity contribution in [2.45, 2.75) is 38.2 Å². The van der Waals surface area contributed by atoms with Crippen LogP contribution in [0.1, 0.15) is 26.3 Å². The molecule has 20 heavy (non-hydrogen) atoms. The quantitative estimate of drug-likeness (QED) is 0.860. The summed E-state index contributed by atoms with van der Waals surface area (Å²) in [6, 6.07) is 6.94. The number of sulfonamides is 1. The van der Waals surface area contributed by atoms with Gasteiger partial charge in [-0.2, -0.15) is 4.31 Å². The maximum Gasteiger partial charge on any atom is 0.218 e. The summed E-state index contributed by atoms with van der Waals surface area (Å²) in [5.41, 5.74) is 6.54. The van der Waals surface area contributed by atoms with E-state index < -0.39 is 15.6 Å². The van der Waals surface area contributed by atoms with E-state index in [1.165, 1.54) is 4.31 Å². The average molecular weight is 298 g/mol. The highest BCUT2D eigenvalue weighted by molar-refractivity contribution is 7.88. The molecular weight excluding hydrogens is 276 g/mol. The van der Waals surface area contributed by atoms with E-state index in [1.807, 2.05) is 20.8 Å². The van der Waals surface area contributed by atoms with Gasteiger partial charge in [0.05, 0.1) is 17.5 Å². The summed E-state index contributed by atoms with van der Waals surface area (Å²) in [5, 5.41) is 0. The highest BCUT2D eigenvalue weighted by Gasteiger charge is 2.37. The lowest BCUT2D eigenvalue weighted by molar-refractivity contribution is -0.109. The van der Waals surface area contributed by atoms with E-state index in [2.05, 4.69) is 0 Å². The first-order chi connectivity index (χ1) is 9.18. The molecule has 2 N–H and O–H groups in total. The maximum atomic E-state index is 12.5. The number of hydrogen-bond acceptors (Lipinski definition) is 4. The van der Waals surface area contributed by atoms with Crippen LogP contribution < -0.4 is 5.73 Å². The highest BCUT2D eigenvalue weighted by atomic mass is 32.2. The largest absolute Gasteiger partial charge is 0.399 e. The Morgan fingerprint density at radius 1 is 1.35 bits per heavy atom. The third-order valence-corrected chi connectivity index (χ3v) is 5.02. The minimum atomic E-state index is -3.34. The van der Waals surface area contributed by atoms with Crippen LogP contribution >= 0.6 is 0 Å². The minimum Gasteiger partial charge on any atom is -0.399 e. The van der Waals surface area contributed by atoms with Crippen molar-refractivity contribution in [3.63, 3.8) is 0 Å². The van der Waals surface area contributed by atoms with Crippen molar-refractivity contribution in [2.24, 2.45) is 0 Å². The molecule has 0 aliphatic carbocycles. The van der Waals surface area contributed by atoms with Crippen LogP contribution in [0.3, 0.4) is 0 Å². The number of morpholine rings is 1. The molecule has 0 amide bonds. The molecule has 2 rings (SSSR count). The number of anilines is 1. The lowest BCUT2D eigenvalue weighted by Gasteiger charge is -2.40. The van der Waals surface area contributed by atoms with Crippen LogP contribution in [0.2, 0.25) is 0 Å². The zero-order valence-corrected chi connectivity index (χ0v) is 13.0. The smallest absolute Gasteiger partial charge is 0.218 e. The van der Waals surface area contributed by atoms with Crippen molar-refractivity contribution in [2.75, 3.05) is 18.8 Å². The lowest BCUT2D eigenvalue weighted by Crippen LogP contribution is -2.53. The van der Waals surface area contributed by atoms with Crippen LogP contribution in [0.25, 0.3) is 0 Å². The number of nitrogens with zero attached hydrogens (tertiary/aromatic N) is 1. The third-order valence-electron chi connectivity index (χ3n) is 3.26. The molecule has 1 aliphatic heterocycles. The van der Waals surface area contributed by atoms with E-state index in [4.69, 9.17) is 10.5 Å². The summed E-state index contributed by atoms with van der Waals surface area (Å²) < 4.78 is 32.3. The van der Waals surface area contributed by atoms with Gasteiger partial charge in [-0.25, -0.2) is 8.42 Å². The predicted octanol–water partition coefficient (Wildman–Crippen LogP) is 1.60. The van der Waals surface area contributed by atoms with E-state index in [9.17, 15) is 8.42 Å². The number of nitrogens with two attached hydrogens (primary N) is 1. The number of ether oxygens (including phenoxy) is 1. The van der Waals surface area contributed by atoms with Gasteiger partial charge >= 0.3 is 0 Å². The van der Waals surface area contributed by atoms with Crippen LogP contribution in [0.5, 0.6) is 0 Å². The van der Waals surface area contributed by atoms with E-state index in [0.29, 0.717) is 18.8 Å². The minimum absolute atomic E-state index is 0.00389. The Balaban J connectivity index is 2.15. The van der Waals surface area contributed by atoms with Crippen molar-refractivity contribution >= 4 is 15.7 Å². The molecule has 1 aliphatic rings. The summed E-state index contributed by atoms with van der Waals surface area (Å²) in [5.74, 6) is -0.00389. The molecule has 0 saturated carbocycles. The molecule has 1 aromatic carbocycles. The first kappa shape index (κ1) is 15.3. The van der Waals surface area contributed by atoms with E-state index in [0.717, 1.165) is 5.56 Å². The highest BCUT2D eigenvalue weighted by Crippen LogP contribution is 2.24. The number of hydrogen-bond donors (Lipinski definition) is 1. The Morgan fingerprint density at radius 2 is 1.95 bits per heavy atom. The Morgan fingerprint density at radius 3 is 2.50 bits per heavy atom. The second-order valence-corrected chi connectivity index (χ2v) is 7.95. The summed E-state index contributed by atoms with van der Waals surface area (Å²) >= 11 is 0. The van der Waals surface area contributed by atoms with Gasteiger partial charge in [-0.15, -0.1) is 0 Å². The molecule has 6 heteroatoms. The lowest BCUT2D eigenvalue weighted by atomic mass is 10.1. The van der Waals surface area contributed by atoms with Crippen LogP contribution in [-0.2, 0) is 20.5 Å². The van der Waals surface area contributed by atoms with E-state index in [1.54, 1.807) is 24.3 Å². The third kappa shape index (κ3) is 3.71. The molecular formula is C14H22N2O3S. The normalized spacial score (nSPS) is 23.6. The zero-order chi connectivity index (χ0) is 15.0. The first-order valence-electron chi connectivity index (χ1n) is 6.68. The summed E-state index contributed by atoms with van der Waals surface area (Å²) in [4.78, 5) is 0. The van der Waals surface area contributed by atoms with Gasteiger partial charge in [0.25, 0.3) is 0 Å². The SMILES string of the molecule is CC1CN(S(=O)(=O)Cc2ccc(N)cc2)CC(C)(C)O1. The predicted molar refractivity (Wildman–Crippen MR) is 79.7 cm³/mol. The van der Waals surface area contributed by atoms with Crippen LogP contribution in [0.4, 0.5) is 5.69 Å². The molecule has 5 nitrogen and oxygen atoms in total. The van der Waals surface area contributed by atoms with Gasteiger partial charge in [0.15, 0.2) is 0 Å². The molecule has 0 spiro atoms. The standard InChI is InChI=1S/C14H22N2O3S/c1-11-8-16(10-14(2,3)19-11)20(17,18)9-12-4-6-13(15)7-5-12/h4-7,11H,8-10,15H2,1-3H3. The second kappa shape index (κ2) is 5.35. The van der Waals surface area contributed by atoms with Gasteiger partial charge in [-0.1, -0.05) is 12.1 Å². The molecule has 0 radical (unpaired) electrons. The Kier molecular flexibility index (Phi) is 4.09. The molecule has 0 aromatic heterocycles. The Hall–Kier alpha value is -1.11. The van der Waals surface area contributed by atoms with Crippen molar-refractivity contribution in [1.82, 2.24) is 4.31 Å². The van der Waals surface area contributed by atoms with Gasteiger partial charge in [-0.3, -0.25) is 0 Å². The summed E-state index contributed by atoms with van der Waals surface area (Å²) in [7, 11) is -3.34. The monoisotopic (exact) mass is 298 g/mol. The maximum absolute atomic E-state index is 12.5. The number of rotatable bonds is 3. The van der Waals surface area contributed by atoms with Crippen molar-refractivity contribution < 1.29 is 13.2 Å². The molecule has 112 valence electrons. The van der Waals surface area contributed by atoms with Crippen molar-refractivity contribution in [1.29, 1.82) is 0 Å². The molecule has 1 fully saturated rings. The average Bonchev–Trinajstić information content (AvgIpc) is 2.29. The first-order valence-corrected chi connectivity index (χ1v) is 8.29. The Labute approximate surface area is 120 Å². The number of nitrogen functional groups attached to an aromatic ring is 1. The fourth-order valence-electron chi connectivity index (χ4n) is 2.52.